The summed E-state index contributed by atoms with van der Waals surface area (Å²) in [6, 6.07) is 9.50. The van der Waals surface area contributed by atoms with Gasteiger partial charge in [0.25, 0.3) is 0 Å². The molecular formula is C24H33N3O4. The molecule has 1 saturated carbocycles. The largest absolute Gasteiger partial charge is 0.493 e. The van der Waals surface area contributed by atoms with Crippen molar-refractivity contribution in [2.24, 2.45) is 11.8 Å². The summed E-state index contributed by atoms with van der Waals surface area (Å²) >= 11 is 0. The first-order valence-electron chi connectivity index (χ1n) is 11.6. The van der Waals surface area contributed by atoms with Crippen LogP contribution in [0.5, 0.6) is 5.75 Å². The first-order valence-corrected chi connectivity index (χ1v) is 11.6. The van der Waals surface area contributed by atoms with E-state index in [0.29, 0.717) is 65.1 Å². The molecule has 2 heterocycles. The molecule has 0 spiro atoms. The number of carbonyl (C=O) groups excluding carboxylic acids is 3. The van der Waals surface area contributed by atoms with Crippen LogP contribution in [0.15, 0.2) is 30.3 Å². The van der Waals surface area contributed by atoms with E-state index in [1.54, 1.807) is 0 Å². The monoisotopic (exact) mass is 427 g/mol. The van der Waals surface area contributed by atoms with Crippen LogP contribution in [0.2, 0.25) is 0 Å². The quantitative estimate of drug-likeness (QED) is 0.698. The summed E-state index contributed by atoms with van der Waals surface area (Å²) in [5.74, 6) is 1.54. The van der Waals surface area contributed by atoms with E-state index >= 15 is 0 Å². The number of rotatable bonds is 6. The number of hydrogen-bond donors (Lipinski definition) is 0. The van der Waals surface area contributed by atoms with Gasteiger partial charge >= 0.3 is 0 Å². The molecule has 0 atom stereocenters. The molecule has 2 saturated heterocycles. The Labute approximate surface area is 184 Å². The molecule has 1 aliphatic carbocycles. The minimum atomic E-state index is -0.0153. The average molecular weight is 428 g/mol. The third kappa shape index (κ3) is 5.38. The van der Waals surface area contributed by atoms with E-state index in [1.807, 2.05) is 45.0 Å². The standard InChI is InChI=1S/C24H33N3O4/c28-22(11-18-31-21-7-2-1-3-8-21)25-12-9-20(10-13-25)24(30)27-16-14-26(15-17-27)23(29)19-5-4-6-19/h1-3,7-8,19-20H,4-6,9-18H2. The van der Waals surface area contributed by atoms with Crippen LogP contribution >= 0.6 is 0 Å². The molecule has 1 aromatic carbocycles. The van der Waals surface area contributed by atoms with E-state index in [0.717, 1.165) is 25.0 Å². The number of likely N-dealkylation sites (tertiary alicyclic amines) is 1. The second-order valence-electron chi connectivity index (χ2n) is 8.84. The minimum absolute atomic E-state index is 0.0153. The van der Waals surface area contributed by atoms with Gasteiger partial charge in [0.1, 0.15) is 5.75 Å². The van der Waals surface area contributed by atoms with Crippen molar-refractivity contribution in [3.05, 3.63) is 30.3 Å². The van der Waals surface area contributed by atoms with Crippen LogP contribution in [0.3, 0.4) is 0 Å². The predicted molar refractivity (Wildman–Crippen MR) is 116 cm³/mol. The Morgan fingerprint density at radius 3 is 1.81 bits per heavy atom. The molecular weight excluding hydrogens is 394 g/mol. The highest BCUT2D eigenvalue weighted by Gasteiger charge is 2.34. The lowest BCUT2D eigenvalue weighted by Crippen LogP contribution is -2.54. The number of para-hydroxylation sites is 1. The topological polar surface area (TPSA) is 70.2 Å². The Hall–Kier alpha value is -2.57. The number of nitrogens with zero attached hydrogens (tertiary/aromatic N) is 3. The summed E-state index contributed by atoms with van der Waals surface area (Å²) in [6.45, 7) is 4.19. The molecule has 31 heavy (non-hydrogen) atoms. The molecule has 4 rings (SSSR count). The van der Waals surface area contributed by atoms with Gasteiger partial charge in [0.15, 0.2) is 0 Å². The Balaban J connectivity index is 1.15. The van der Waals surface area contributed by atoms with E-state index in [4.69, 9.17) is 4.74 Å². The van der Waals surface area contributed by atoms with Crippen LogP contribution in [-0.2, 0) is 14.4 Å². The summed E-state index contributed by atoms with van der Waals surface area (Å²) in [4.78, 5) is 43.5. The zero-order chi connectivity index (χ0) is 21.6. The zero-order valence-electron chi connectivity index (χ0n) is 18.2. The van der Waals surface area contributed by atoms with Crippen molar-refractivity contribution in [3.8, 4) is 5.75 Å². The minimum Gasteiger partial charge on any atom is -0.493 e. The summed E-state index contributed by atoms with van der Waals surface area (Å²) in [5, 5.41) is 0. The van der Waals surface area contributed by atoms with Crippen molar-refractivity contribution in [1.29, 1.82) is 0 Å². The van der Waals surface area contributed by atoms with Crippen LogP contribution in [0, 0.1) is 11.8 Å². The molecule has 7 heteroatoms. The van der Waals surface area contributed by atoms with Gasteiger partial charge in [-0.25, -0.2) is 0 Å². The SMILES string of the molecule is O=C(CCOc1ccccc1)N1CCC(C(=O)N2CCN(C(=O)C3CCC3)CC2)CC1. The molecule has 3 amide bonds. The maximum Gasteiger partial charge on any atom is 0.225 e. The van der Waals surface area contributed by atoms with Gasteiger partial charge in [-0.05, 0) is 37.8 Å². The summed E-state index contributed by atoms with van der Waals surface area (Å²) in [6.07, 6.45) is 4.98. The number of piperidine rings is 1. The van der Waals surface area contributed by atoms with Crippen LogP contribution in [0.4, 0.5) is 0 Å². The summed E-state index contributed by atoms with van der Waals surface area (Å²) < 4.78 is 5.62. The second-order valence-corrected chi connectivity index (χ2v) is 8.84. The first kappa shape index (κ1) is 21.7. The molecule has 7 nitrogen and oxygen atoms in total. The number of carbonyl (C=O) groups is 3. The number of benzene rings is 1. The van der Waals surface area contributed by atoms with Gasteiger partial charge in [-0.3, -0.25) is 14.4 Å². The molecule has 2 aliphatic heterocycles. The van der Waals surface area contributed by atoms with Gasteiger partial charge in [-0.2, -0.15) is 0 Å². The highest BCUT2D eigenvalue weighted by Crippen LogP contribution is 2.29. The lowest BCUT2D eigenvalue weighted by molar-refractivity contribution is -0.147. The summed E-state index contributed by atoms with van der Waals surface area (Å²) in [7, 11) is 0. The number of piperazine rings is 1. The fourth-order valence-corrected chi connectivity index (χ4v) is 4.63. The van der Waals surface area contributed by atoms with Crippen LogP contribution in [0.1, 0.15) is 38.5 Å². The van der Waals surface area contributed by atoms with Gasteiger partial charge in [0.05, 0.1) is 13.0 Å². The van der Waals surface area contributed by atoms with Crippen LogP contribution in [0.25, 0.3) is 0 Å². The first-order chi connectivity index (χ1) is 15.1. The summed E-state index contributed by atoms with van der Waals surface area (Å²) in [5.41, 5.74) is 0. The molecule has 3 fully saturated rings. The highest BCUT2D eigenvalue weighted by atomic mass is 16.5. The molecule has 1 aromatic rings. The van der Waals surface area contributed by atoms with E-state index < -0.39 is 0 Å². The lowest BCUT2D eigenvalue weighted by Gasteiger charge is -2.40. The lowest BCUT2D eigenvalue weighted by atomic mass is 9.84. The average Bonchev–Trinajstić information content (AvgIpc) is 2.78. The van der Waals surface area contributed by atoms with Crippen molar-refractivity contribution in [3.63, 3.8) is 0 Å². The van der Waals surface area contributed by atoms with Crippen molar-refractivity contribution in [2.45, 2.75) is 38.5 Å². The Morgan fingerprint density at radius 1 is 0.742 bits per heavy atom. The van der Waals surface area contributed by atoms with Gasteiger partial charge in [-0.15, -0.1) is 0 Å². The molecule has 0 N–H and O–H groups in total. The normalized spacial score (nSPS) is 20.3. The Morgan fingerprint density at radius 2 is 1.29 bits per heavy atom. The van der Waals surface area contributed by atoms with Gasteiger partial charge in [0.2, 0.25) is 17.7 Å². The van der Waals surface area contributed by atoms with Crippen molar-refractivity contribution in [2.75, 3.05) is 45.9 Å². The Kier molecular flexibility index (Phi) is 7.10. The van der Waals surface area contributed by atoms with Crippen molar-refractivity contribution < 1.29 is 19.1 Å². The van der Waals surface area contributed by atoms with E-state index in [9.17, 15) is 14.4 Å². The predicted octanol–water partition coefficient (Wildman–Crippen LogP) is 2.17. The van der Waals surface area contributed by atoms with Crippen LogP contribution in [-0.4, -0.2) is 78.3 Å². The second kappa shape index (κ2) is 10.2. The van der Waals surface area contributed by atoms with E-state index in [1.165, 1.54) is 0 Å². The number of amides is 3. The van der Waals surface area contributed by atoms with Gasteiger partial charge in [-0.1, -0.05) is 24.6 Å². The van der Waals surface area contributed by atoms with E-state index in [-0.39, 0.29) is 29.6 Å². The number of hydrogen-bond acceptors (Lipinski definition) is 4. The maximum atomic E-state index is 12.9. The van der Waals surface area contributed by atoms with Crippen molar-refractivity contribution in [1.82, 2.24) is 14.7 Å². The molecule has 0 unspecified atom stereocenters. The third-order valence-corrected chi connectivity index (χ3v) is 6.88. The highest BCUT2D eigenvalue weighted by molar-refractivity contribution is 5.82. The fourth-order valence-electron chi connectivity index (χ4n) is 4.63. The van der Waals surface area contributed by atoms with Gasteiger partial charge in [0, 0.05) is 51.1 Å². The number of ether oxygens (including phenoxy) is 1. The van der Waals surface area contributed by atoms with Crippen LogP contribution < -0.4 is 4.74 Å². The molecule has 168 valence electrons. The smallest absolute Gasteiger partial charge is 0.225 e. The third-order valence-electron chi connectivity index (χ3n) is 6.88. The molecule has 0 radical (unpaired) electrons. The van der Waals surface area contributed by atoms with Crippen molar-refractivity contribution >= 4 is 17.7 Å². The fraction of sp³-hybridized carbons (Fsp3) is 0.625. The Bertz CT molecular complexity index is 764. The van der Waals surface area contributed by atoms with Gasteiger partial charge < -0.3 is 19.4 Å². The molecule has 0 bridgehead atoms. The zero-order valence-corrected chi connectivity index (χ0v) is 18.2. The molecule has 3 aliphatic rings. The molecule has 0 aromatic heterocycles. The van der Waals surface area contributed by atoms with E-state index in [2.05, 4.69) is 0 Å². The maximum absolute atomic E-state index is 12.9.